The minimum Gasteiger partial charge on any atom is -0.391 e. The summed E-state index contributed by atoms with van der Waals surface area (Å²) in [5, 5.41) is 15.6. The first kappa shape index (κ1) is 12.5. The molecule has 17 heavy (non-hydrogen) atoms. The Bertz CT molecular complexity index is 397. The van der Waals surface area contributed by atoms with Crippen LogP contribution < -0.4 is 10.6 Å². The van der Waals surface area contributed by atoms with Crippen LogP contribution in [0, 0.1) is 19.8 Å². The molecule has 1 aromatic heterocycles. The van der Waals surface area contributed by atoms with E-state index in [2.05, 4.69) is 10.6 Å². The lowest BCUT2D eigenvalue weighted by Gasteiger charge is -2.13. The molecule has 1 amide bonds. The molecule has 2 rings (SSSR count). The highest BCUT2D eigenvalue weighted by atomic mass is 32.1. The Kier molecular flexibility index (Phi) is 3.81. The van der Waals surface area contributed by atoms with Crippen molar-refractivity contribution < 1.29 is 9.90 Å². The second-order valence-electron chi connectivity index (χ2n) is 4.55. The molecule has 1 saturated heterocycles. The summed E-state index contributed by atoms with van der Waals surface area (Å²) in [7, 11) is 0. The fourth-order valence-electron chi connectivity index (χ4n) is 1.92. The van der Waals surface area contributed by atoms with E-state index in [0.29, 0.717) is 13.1 Å². The molecule has 0 radical (unpaired) electrons. The number of aliphatic hydroxyl groups is 1. The Hall–Kier alpha value is -0.910. The molecule has 1 fully saturated rings. The number of nitrogens with one attached hydrogen (secondary N) is 2. The summed E-state index contributed by atoms with van der Waals surface area (Å²) in [5.41, 5.74) is 1.16. The van der Waals surface area contributed by atoms with Gasteiger partial charge in [-0.2, -0.15) is 0 Å². The van der Waals surface area contributed by atoms with Crippen LogP contribution in [0.1, 0.15) is 20.1 Å². The second kappa shape index (κ2) is 5.16. The van der Waals surface area contributed by atoms with E-state index < -0.39 is 0 Å². The standard InChI is InChI=1S/C12H18N2O2S/c1-7-3-11(17-8(7)2)12(16)14-5-9-4-13-6-10(9)15/h3,9-10,13,15H,4-6H2,1-2H3,(H,14,16). The lowest BCUT2D eigenvalue weighted by Crippen LogP contribution is -2.34. The average Bonchev–Trinajstić information content (AvgIpc) is 2.83. The van der Waals surface area contributed by atoms with E-state index >= 15 is 0 Å². The predicted molar refractivity (Wildman–Crippen MR) is 68.5 cm³/mol. The van der Waals surface area contributed by atoms with Gasteiger partial charge < -0.3 is 15.7 Å². The van der Waals surface area contributed by atoms with Gasteiger partial charge in [-0.3, -0.25) is 4.79 Å². The van der Waals surface area contributed by atoms with Crippen LogP contribution in [0.2, 0.25) is 0 Å². The Morgan fingerprint density at radius 2 is 2.35 bits per heavy atom. The molecule has 2 heterocycles. The maximum absolute atomic E-state index is 11.9. The molecule has 0 spiro atoms. The number of hydrogen-bond donors (Lipinski definition) is 3. The summed E-state index contributed by atoms with van der Waals surface area (Å²) in [6.45, 7) is 5.94. The van der Waals surface area contributed by atoms with Crippen LogP contribution in [0.15, 0.2) is 6.07 Å². The molecule has 0 aromatic carbocycles. The molecule has 1 aliphatic rings. The molecule has 2 unspecified atom stereocenters. The number of β-amino-alcohol motifs (C(OH)–C–C–N with tert-alkyl or cyclic N) is 1. The van der Waals surface area contributed by atoms with E-state index in [1.54, 1.807) is 0 Å². The highest BCUT2D eigenvalue weighted by Crippen LogP contribution is 2.20. The van der Waals surface area contributed by atoms with Crippen LogP contribution in [-0.4, -0.2) is 36.8 Å². The first-order valence-corrected chi connectivity index (χ1v) is 6.63. The maximum atomic E-state index is 11.9. The lowest BCUT2D eigenvalue weighted by atomic mass is 10.1. The molecule has 1 aromatic rings. The van der Waals surface area contributed by atoms with Gasteiger partial charge in [0.25, 0.3) is 5.91 Å². The van der Waals surface area contributed by atoms with Gasteiger partial charge in [-0.25, -0.2) is 0 Å². The molecular formula is C12H18N2O2S. The molecule has 3 N–H and O–H groups in total. The molecule has 5 heteroatoms. The van der Waals surface area contributed by atoms with Crippen molar-refractivity contribution in [3.8, 4) is 0 Å². The third-order valence-corrected chi connectivity index (χ3v) is 4.37. The summed E-state index contributed by atoms with van der Waals surface area (Å²) < 4.78 is 0. The van der Waals surface area contributed by atoms with Crippen LogP contribution in [0.5, 0.6) is 0 Å². The zero-order valence-corrected chi connectivity index (χ0v) is 10.9. The van der Waals surface area contributed by atoms with Crippen molar-refractivity contribution >= 4 is 17.2 Å². The van der Waals surface area contributed by atoms with Crippen molar-refractivity contribution in [1.29, 1.82) is 0 Å². The van der Waals surface area contributed by atoms with Gasteiger partial charge in [-0.1, -0.05) is 0 Å². The Balaban J connectivity index is 1.89. The van der Waals surface area contributed by atoms with Crippen LogP contribution >= 0.6 is 11.3 Å². The largest absolute Gasteiger partial charge is 0.391 e. The van der Waals surface area contributed by atoms with Gasteiger partial charge >= 0.3 is 0 Å². The molecule has 0 saturated carbocycles. The number of hydrogen-bond acceptors (Lipinski definition) is 4. The highest BCUT2D eigenvalue weighted by molar-refractivity contribution is 7.14. The van der Waals surface area contributed by atoms with Crippen molar-refractivity contribution in [3.05, 3.63) is 21.4 Å². The van der Waals surface area contributed by atoms with Gasteiger partial charge in [0.1, 0.15) is 0 Å². The van der Waals surface area contributed by atoms with Gasteiger partial charge in [-0.05, 0) is 25.5 Å². The smallest absolute Gasteiger partial charge is 0.261 e. The zero-order valence-electron chi connectivity index (χ0n) is 10.1. The van der Waals surface area contributed by atoms with E-state index in [4.69, 9.17) is 0 Å². The van der Waals surface area contributed by atoms with Crippen molar-refractivity contribution in [2.75, 3.05) is 19.6 Å². The van der Waals surface area contributed by atoms with Crippen LogP contribution in [0.4, 0.5) is 0 Å². The monoisotopic (exact) mass is 254 g/mol. The van der Waals surface area contributed by atoms with Crippen LogP contribution in [0.25, 0.3) is 0 Å². The Morgan fingerprint density at radius 1 is 1.59 bits per heavy atom. The number of aryl methyl sites for hydroxylation is 2. The van der Waals surface area contributed by atoms with Crippen molar-refractivity contribution in [3.63, 3.8) is 0 Å². The maximum Gasteiger partial charge on any atom is 0.261 e. The van der Waals surface area contributed by atoms with Gasteiger partial charge in [0.05, 0.1) is 11.0 Å². The number of carbonyl (C=O) groups is 1. The number of amides is 1. The van der Waals surface area contributed by atoms with E-state index in [9.17, 15) is 9.90 Å². The van der Waals surface area contributed by atoms with E-state index in [0.717, 1.165) is 17.0 Å². The number of carbonyl (C=O) groups excluding carboxylic acids is 1. The van der Waals surface area contributed by atoms with Gasteiger partial charge in [-0.15, -0.1) is 11.3 Å². The lowest BCUT2D eigenvalue weighted by molar-refractivity contribution is 0.0931. The molecule has 2 atom stereocenters. The minimum atomic E-state index is -0.345. The van der Waals surface area contributed by atoms with Crippen LogP contribution in [0.3, 0.4) is 0 Å². The Morgan fingerprint density at radius 3 is 2.88 bits per heavy atom. The van der Waals surface area contributed by atoms with E-state index in [1.807, 2.05) is 19.9 Å². The minimum absolute atomic E-state index is 0.0368. The summed E-state index contributed by atoms with van der Waals surface area (Å²) >= 11 is 1.52. The summed E-state index contributed by atoms with van der Waals surface area (Å²) in [6.07, 6.45) is -0.345. The molecule has 0 bridgehead atoms. The Labute approximate surface area is 105 Å². The third kappa shape index (κ3) is 2.86. The molecule has 1 aliphatic heterocycles. The van der Waals surface area contributed by atoms with E-state index in [1.165, 1.54) is 16.2 Å². The SMILES string of the molecule is Cc1cc(C(=O)NCC2CNCC2O)sc1C. The quantitative estimate of drug-likeness (QED) is 0.743. The van der Waals surface area contributed by atoms with Gasteiger partial charge in [0, 0.05) is 30.4 Å². The zero-order chi connectivity index (χ0) is 12.4. The van der Waals surface area contributed by atoms with Crippen molar-refractivity contribution in [2.45, 2.75) is 20.0 Å². The van der Waals surface area contributed by atoms with Crippen molar-refractivity contribution in [2.24, 2.45) is 5.92 Å². The number of rotatable bonds is 3. The molecular weight excluding hydrogens is 236 g/mol. The topological polar surface area (TPSA) is 61.4 Å². The van der Waals surface area contributed by atoms with Gasteiger partial charge in [0.2, 0.25) is 0 Å². The average molecular weight is 254 g/mol. The van der Waals surface area contributed by atoms with Crippen LogP contribution in [-0.2, 0) is 0 Å². The molecule has 94 valence electrons. The second-order valence-corrected chi connectivity index (χ2v) is 5.80. The fraction of sp³-hybridized carbons (Fsp3) is 0.583. The first-order chi connectivity index (χ1) is 8.08. The highest BCUT2D eigenvalue weighted by Gasteiger charge is 2.25. The van der Waals surface area contributed by atoms with Crippen molar-refractivity contribution in [1.82, 2.24) is 10.6 Å². The summed E-state index contributed by atoms with van der Waals surface area (Å²) in [4.78, 5) is 13.8. The van der Waals surface area contributed by atoms with E-state index in [-0.39, 0.29) is 17.9 Å². The normalized spacial score (nSPS) is 23.9. The molecule has 0 aliphatic carbocycles. The number of aliphatic hydroxyl groups excluding tert-OH is 1. The fourth-order valence-corrected chi connectivity index (χ4v) is 2.87. The molecule has 4 nitrogen and oxygen atoms in total. The predicted octanol–water partition coefficient (Wildman–Crippen LogP) is 0.675. The van der Waals surface area contributed by atoms with Gasteiger partial charge in [0.15, 0.2) is 0 Å². The third-order valence-electron chi connectivity index (χ3n) is 3.22. The summed E-state index contributed by atoms with van der Waals surface area (Å²) in [5.74, 6) is 0.0893. The number of thiophene rings is 1. The first-order valence-electron chi connectivity index (χ1n) is 5.82. The summed E-state index contributed by atoms with van der Waals surface area (Å²) in [6, 6.07) is 1.92.